The molecule has 0 spiro atoms. The van der Waals surface area contributed by atoms with Crippen molar-refractivity contribution in [2.45, 2.75) is 6.92 Å². The molecule has 536 valence electrons. The van der Waals surface area contributed by atoms with E-state index in [9.17, 15) is 0 Å². The number of benzene rings is 24. The number of rotatable bonds is 9. The maximum atomic E-state index is 3.60. The smallest absolute Gasteiger partial charge is 0.0540 e. The van der Waals surface area contributed by atoms with Gasteiger partial charge in [0.1, 0.15) is 0 Å². The second-order valence-electron chi connectivity index (χ2n) is 30.8. The summed E-state index contributed by atoms with van der Waals surface area (Å²) in [6, 6.07) is 155. The predicted octanol–water partition coefficient (Wildman–Crippen LogP) is 32.3. The topological polar surface area (TPSA) is 15.3 Å². The van der Waals surface area contributed by atoms with Crippen LogP contribution in [0.25, 0.3) is 195 Å². The predicted molar refractivity (Wildman–Crippen MR) is 498 cm³/mol. The first kappa shape index (κ1) is 67.0. The molecule has 0 aliphatic rings. The molecule has 0 amide bonds. The van der Waals surface area contributed by atoms with Crippen LogP contribution in [0.15, 0.2) is 425 Å². The van der Waals surface area contributed by atoms with E-state index in [1.165, 1.54) is 207 Å². The number of para-hydroxylation sites is 2. The lowest BCUT2D eigenvalue weighted by atomic mass is 9.89. The van der Waals surface area contributed by atoms with Gasteiger partial charge in [-0.05, 0) is 289 Å². The summed E-state index contributed by atoms with van der Waals surface area (Å²) < 4.78 is 0. The molecule has 2 heteroatoms. The molecule has 0 bridgehead atoms. The van der Waals surface area contributed by atoms with Gasteiger partial charge < -0.3 is 10.2 Å². The molecule has 1 N–H and O–H groups in total. The van der Waals surface area contributed by atoms with Crippen molar-refractivity contribution in [1.29, 1.82) is 0 Å². The first-order valence-electron chi connectivity index (χ1n) is 39.8. The standard InChI is InChI=1S/C56H35N.C31H22.C26H17N/c1-2-13-47(14-3-1)57(54-30-29-52-50-16-7-12-37-11-6-15-49(55(37)50)51-17-8-18-53(54)56(51)52)48-28-27-45-34-44(25-26-46(45)35-48)43-24-23-41-32-40(21-22-42(41)33-43)39-20-19-36-9-4-5-10-38(36)31-39;1-21-6-7-25-18-27(11-10-24(25)16-21)29-14-15-30-19-28(12-13-31(30)20-29)26-9-8-22-4-2-3-5-23(22)17-26;1-2-9-18(10-3-1)27-24-16-15-22-20-12-5-8-17-7-4-11-19(25(17)20)21-13-6-14-23(24)26(21)22/h1-35H;2-20H,1H3;1-16,27H. The molecule has 0 saturated heterocycles. The van der Waals surface area contributed by atoms with Crippen LogP contribution < -0.4 is 10.2 Å². The summed E-state index contributed by atoms with van der Waals surface area (Å²) in [5, 5.41) is 39.7. The van der Waals surface area contributed by atoms with Crippen LogP contribution in [0.2, 0.25) is 0 Å². The van der Waals surface area contributed by atoms with Crippen molar-refractivity contribution in [1.82, 2.24) is 0 Å². The van der Waals surface area contributed by atoms with Crippen LogP contribution in [0, 0.1) is 6.92 Å². The lowest BCUT2D eigenvalue weighted by Crippen LogP contribution is -2.10. The van der Waals surface area contributed by atoms with E-state index in [0.29, 0.717) is 0 Å². The summed E-state index contributed by atoms with van der Waals surface area (Å²) in [6.07, 6.45) is 0. The van der Waals surface area contributed by atoms with E-state index in [1.54, 1.807) is 0 Å². The Balaban J connectivity index is 0.000000116. The Morgan fingerprint density at radius 3 is 0.913 bits per heavy atom. The quantitative estimate of drug-likeness (QED) is 0.114. The van der Waals surface area contributed by atoms with E-state index in [4.69, 9.17) is 0 Å². The molecule has 0 fully saturated rings. The van der Waals surface area contributed by atoms with Crippen LogP contribution in [0.5, 0.6) is 0 Å². The number of fused-ring (bicyclic) bond motifs is 10. The van der Waals surface area contributed by atoms with Gasteiger partial charge in [0.05, 0.1) is 5.69 Å². The van der Waals surface area contributed by atoms with Gasteiger partial charge in [0, 0.05) is 33.5 Å². The fourth-order valence-electron chi connectivity index (χ4n) is 18.3. The molecule has 0 atom stereocenters. The first-order valence-corrected chi connectivity index (χ1v) is 39.8. The van der Waals surface area contributed by atoms with Gasteiger partial charge in [0.15, 0.2) is 0 Å². The highest BCUT2D eigenvalue weighted by atomic mass is 15.1. The van der Waals surface area contributed by atoms with E-state index in [-0.39, 0.29) is 0 Å². The molecular weight excluding hydrogens is 1390 g/mol. The van der Waals surface area contributed by atoms with Crippen molar-refractivity contribution in [2.24, 2.45) is 0 Å². The second-order valence-corrected chi connectivity index (χ2v) is 30.8. The minimum absolute atomic E-state index is 1.11. The second kappa shape index (κ2) is 27.8. The third-order valence-electron chi connectivity index (χ3n) is 23.9. The molecule has 0 aromatic heterocycles. The van der Waals surface area contributed by atoms with Gasteiger partial charge in [-0.15, -0.1) is 0 Å². The lowest BCUT2D eigenvalue weighted by molar-refractivity contribution is 1.31. The van der Waals surface area contributed by atoms with E-state index in [0.717, 1.165) is 22.7 Å². The van der Waals surface area contributed by atoms with Gasteiger partial charge in [-0.25, -0.2) is 0 Å². The monoisotopic (exact) mass is 1460 g/mol. The van der Waals surface area contributed by atoms with Crippen LogP contribution in [0.3, 0.4) is 0 Å². The molecule has 115 heavy (non-hydrogen) atoms. The highest BCUT2D eigenvalue weighted by Crippen LogP contribution is 2.48. The molecule has 0 unspecified atom stereocenters. The Bertz CT molecular complexity index is 7860. The molecule has 24 aromatic rings. The largest absolute Gasteiger partial charge is 0.355 e. The third-order valence-corrected chi connectivity index (χ3v) is 23.9. The third kappa shape index (κ3) is 12.0. The average Bonchev–Trinajstić information content (AvgIpc) is 0.720. The number of nitrogens with zero attached hydrogens (tertiary/aromatic N) is 1. The van der Waals surface area contributed by atoms with Crippen LogP contribution in [-0.4, -0.2) is 0 Å². The van der Waals surface area contributed by atoms with Crippen molar-refractivity contribution < 1.29 is 0 Å². The van der Waals surface area contributed by atoms with Crippen LogP contribution in [0.1, 0.15) is 5.56 Å². The number of aryl methyl sites for hydroxylation is 1. The zero-order chi connectivity index (χ0) is 76.0. The lowest BCUT2D eigenvalue weighted by Gasteiger charge is -2.28. The van der Waals surface area contributed by atoms with Gasteiger partial charge in [-0.2, -0.15) is 0 Å². The SMILES string of the molecule is Cc1ccc2cc(-c3ccc4cc(-c5ccc6ccccc6c5)ccc4c3)ccc2c1.c1ccc(N(c2ccc3cc(-c4ccc5cc(-c6ccc7ccccc7c6)ccc5c4)ccc3c2)c2ccc3c4cccc5cccc(c6cccc2c63)c54)cc1.c1ccc(Nc2ccc3c4cccc5cccc(c6cccc2c63)c54)cc1. The number of nitrogens with one attached hydrogen (secondary N) is 1. The first-order chi connectivity index (χ1) is 56.9. The summed E-state index contributed by atoms with van der Waals surface area (Å²) in [6.45, 7) is 2.14. The van der Waals surface area contributed by atoms with E-state index >= 15 is 0 Å². The van der Waals surface area contributed by atoms with Gasteiger partial charge in [0.25, 0.3) is 0 Å². The van der Waals surface area contributed by atoms with Crippen LogP contribution in [-0.2, 0) is 0 Å². The van der Waals surface area contributed by atoms with Crippen molar-refractivity contribution >= 4 is 179 Å². The highest BCUT2D eigenvalue weighted by Gasteiger charge is 2.22. The number of anilines is 5. The average molecular weight is 1460 g/mol. The summed E-state index contributed by atoms with van der Waals surface area (Å²) in [7, 11) is 0. The summed E-state index contributed by atoms with van der Waals surface area (Å²) in [5.74, 6) is 0. The van der Waals surface area contributed by atoms with Crippen molar-refractivity contribution in [2.75, 3.05) is 10.2 Å². The number of hydrogen-bond acceptors (Lipinski definition) is 2. The van der Waals surface area contributed by atoms with E-state index in [2.05, 4.69) is 436 Å². The molecular formula is C113H74N2. The van der Waals surface area contributed by atoms with Crippen molar-refractivity contribution in [3.8, 4) is 44.5 Å². The van der Waals surface area contributed by atoms with E-state index < -0.39 is 0 Å². The highest BCUT2D eigenvalue weighted by molar-refractivity contribution is 6.36. The summed E-state index contributed by atoms with van der Waals surface area (Å²) >= 11 is 0. The molecule has 2 nitrogen and oxygen atoms in total. The maximum absolute atomic E-state index is 3.60. The Labute approximate surface area is 666 Å². The fraction of sp³-hybridized carbons (Fsp3) is 0.00885. The Morgan fingerprint density at radius 1 is 0.174 bits per heavy atom. The summed E-state index contributed by atoms with van der Waals surface area (Å²) in [4.78, 5) is 2.42. The zero-order valence-corrected chi connectivity index (χ0v) is 63.4. The zero-order valence-electron chi connectivity index (χ0n) is 63.4. The minimum atomic E-state index is 1.11. The molecule has 0 aliphatic carbocycles. The molecule has 24 rings (SSSR count). The Hall–Kier alpha value is -15.0. The summed E-state index contributed by atoms with van der Waals surface area (Å²) in [5.41, 5.74) is 16.9. The van der Waals surface area contributed by atoms with Gasteiger partial charge >= 0.3 is 0 Å². The molecule has 0 radical (unpaired) electrons. The van der Waals surface area contributed by atoms with Crippen molar-refractivity contribution in [3.05, 3.63) is 430 Å². The molecule has 0 heterocycles. The molecule has 0 saturated carbocycles. The van der Waals surface area contributed by atoms with Crippen molar-refractivity contribution in [3.63, 3.8) is 0 Å². The fourth-order valence-corrected chi connectivity index (χ4v) is 18.3. The van der Waals surface area contributed by atoms with E-state index in [1.807, 2.05) is 6.07 Å². The normalized spacial score (nSPS) is 11.7. The molecule has 0 aliphatic heterocycles. The number of hydrogen-bond donors (Lipinski definition) is 1. The maximum Gasteiger partial charge on any atom is 0.0540 e. The minimum Gasteiger partial charge on any atom is -0.355 e. The molecule has 24 aromatic carbocycles. The van der Waals surface area contributed by atoms with Crippen LogP contribution in [0.4, 0.5) is 28.4 Å². The van der Waals surface area contributed by atoms with Gasteiger partial charge in [-0.1, -0.05) is 333 Å². The van der Waals surface area contributed by atoms with Crippen LogP contribution >= 0.6 is 0 Å². The Kier molecular flexibility index (Phi) is 16.2. The van der Waals surface area contributed by atoms with Gasteiger partial charge in [-0.3, -0.25) is 0 Å². The Morgan fingerprint density at radius 2 is 0.470 bits per heavy atom. The van der Waals surface area contributed by atoms with Gasteiger partial charge in [0.2, 0.25) is 0 Å².